The van der Waals surface area contributed by atoms with E-state index >= 15 is 0 Å². The second kappa shape index (κ2) is 6.75. The van der Waals surface area contributed by atoms with E-state index in [9.17, 15) is 4.79 Å². The molecule has 0 amide bonds. The Morgan fingerprint density at radius 2 is 2.21 bits per heavy atom. The van der Waals surface area contributed by atoms with Crippen molar-refractivity contribution in [2.24, 2.45) is 5.73 Å². The van der Waals surface area contributed by atoms with Gasteiger partial charge in [-0.15, -0.1) is 0 Å². The topological polar surface area (TPSA) is 57.2 Å². The Balaban J connectivity index is 2.00. The highest BCUT2D eigenvalue weighted by molar-refractivity contribution is 5.75. The number of aromatic nitrogens is 1. The van der Waals surface area contributed by atoms with Gasteiger partial charge in [-0.25, -0.2) is 0 Å². The average Bonchev–Trinajstić information content (AvgIpc) is 2.88. The summed E-state index contributed by atoms with van der Waals surface area (Å²) in [7, 11) is 0. The molecular formula is C15H24N2O2. The molecule has 1 fully saturated rings. The maximum atomic E-state index is 11.6. The molecule has 1 unspecified atom stereocenters. The third-order valence-electron chi connectivity index (χ3n) is 3.85. The zero-order valence-corrected chi connectivity index (χ0v) is 11.7. The maximum absolute atomic E-state index is 11.6. The lowest BCUT2D eigenvalue weighted by Crippen LogP contribution is -2.35. The molecule has 1 aromatic rings. The van der Waals surface area contributed by atoms with Crippen molar-refractivity contribution in [1.82, 2.24) is 4.57 Å². The van der Waals surface area contributed by atoms with Crippen LogP contribution < -0.4 is 5.73 Å². The van der Waals surface area contributed by atoms with E-state index in [-0.39, 0.29) is 5.97 Å². The van der Waals surface area contributed by atoms with Gasteiger partial charge in [0.05, 0.1) is 6.61 Å². The Labute approximate surface area is 114 Å². The molecule has 0 radical (unpaired) electrons. The van der Waals surface area contributed by atoms with Gasteiger partial charge in [-0.3, -0.25) is 4.79 Å². The number of carbonyl (C=O) groups excluding carboxylic acids is 1. The zero-order chi connectivity index (χ0) is 13.7. The summed E-state index contributed by atoms with van der Waals surface area (Å²) in [5, 5.41) is 0. The van der Waals surface area contributed by atoms with Gasteiger partial charge in [0.15, 0.2) is 0 Å². The molecule has 19 heavy (non-hydrogen) atoms. The lowest BCUT2D eigenvalue weighted by molar-refractivity contribution is -0.144. The molecule has 1 saturated carbocycles. The van der Waals surface area contributed by atoms with Gasteiger partial charge in [0.2, 0.25) is 0 Å². The van der Waals surface area contributed by atoms with Gasteiger partial charge >= 0.3 is 5.97 Å². The summed E-state index contributed by atoms with van der Waals surface area (Å²) < 4.78 is 7.27. The number of nitrogens with zero attached hydrogens (tertiary/aromatic N) is 1. The molecule has 4 heteroatoms. The van der Waals surface area contributed by atoms with Crippen LogP contribution >= 0.6 is 0 Å². The first-order chi connectivity index (χ1) is 9.22. The molecular weight excluding hydrogens is 240 g/mol. The summed E-state index contributed by atoms with van der Waals surface area (Å²) >= 11 is 0. The molecule has 1 atom stereocenters. The van der Waals surface area contributed by atoms with Crippen LogP contribution in [0.3, 0.4) is 0 Å². The molecule has 2 N–H and O–H groups in total. The molecule has 106 valence electrons. The molecule has 0 saturated heterocycles. The van der Waals surface area contributed by atoms with Gasteiger partial charge in [0.1, 0.15) is 6.04 Å². The Kier molecular flexibility index (Phi) is 5.02. The monoisotopic (exact) mass is 264 g/mol. The fourth-order valence-electron chi connectivity index (χ4n) is 2.88. The molecule has 0 aromatic carbocycles. The standard InChI is InChI=1S/C15H24N2O2/c1-2-19-15(18)14(16)11-13-9-6-10-17(13)12-7-4-3-5-8-12/h6,9-10,12,14H,2-5,7-8,11,16H2,1H3. The van der Waals surface area contributed by atoms with Crippen LogP contribution in [0.1, 0.15) is 50.8 Å². The van der Waals surface area contributed by atoms with Crippen LogP contribution in [0.25, 0.3) is 0 Å². The molecule has 4 nitrogen and oxygen atoms in total. The first-order valence-electron chi connectivity index (χ1n) is 7.30. The number of nitrogens with two attached hydrogens (primary N) is 1. The van der Waals surface area contributed by atoms with E-state index in [0.717, 1.165) is 5.69 Å². The van der Waals surface area contributed by atoms with Crippen molar-refractivity contribution in [2.45, 2.75) is 57.5 Å². The van der Waals surface area contributed by atoms with Crippen LogP contribution in [0.4, 0.5) is 0 Å². The zero-order valence-electron chi connectivity index (χ0n) is 11.7. The predicted octanol–water partition coefficient (Wildman–Crippen LogP) is 2.43. The third kappa shape index (κ3) is 3.60. The summed E-state index contributed by atoms with van der Waals surface area (Å²) in [5.41, 5.74) is 7.05. The van der Waals surface area contributed by atoms with Gasteiger partial charge in [-0.05, 0) is 31.9 Å². The Morgan fingerprint density at radius 3 is 2.89 bits per heavy atom. The minimum Gasteiger partial charge on any atom is -0.465 e. The van der Waals surface area contributed by atoms with E-state index in [1.165, 1.54) is 32.1 Å². The van der Waals surface area contributed by atoms with E-state index in [2.05, 4.69) is 16.8 Å². The lowest BCUT2D eigenvalue weighted by Gasteiger charge is -2.26. The number of esters is 1. The number of hydrogen-bond acceptors (Lipinski definition) is 3. The van der Waals surface area contributed by atoms with E-state index in [1.54, 1.807) is 6.92 Å². The Hall–Kier alpha value is -1.29. The van der Waals surface area contributed by atoms with Gasteiger partial charge in [0.25, 0.3) is 0 Å². The number of ether oxygens (including phenoxy) is 1. The molecule has 0 aliphatic heterocycles. The van der Waals surface area contributed by atoms with E-state index in [1.807, 2.05) is 6.07 Å². The minimum atomic E-state index is -0.558. The highest BCUT2D eigenvalue weighted by atomic mass is 16.5. The van der Waals surface area contributed by atoms with Crippen molar-refractivity contribution >= 4 is 5.97 Å². The number of carbonyl (C=O) groups is 1. The van der Waals surface area contributed by atoms with Crippen molar-refractivity contribution < 1.29 is 9.53 Å². The van der Waals surface area contributed by atoms with Crippen LogP contribution in [0, 0.1) is 0 Å². The summed E-state index contributed by atoms with van der Waals surface area (Å²) in [6.45, 7) is 2.19. The Bertz CT molecular complexity index is 408. The van der Waals surface area contributed by atoms with Crippen molar-refractivity contribution in [2.75, 3.05) is 6.61 Å². The van der Waals surface area contributed by atoms with Crippen LogP contribution in [0.2, 0.25) is 0 Å². The van der Waals surface area contributed by atoms with Gasteiger partial charge in [-0.1, -0.05) is 19.3 Å². The van der Waals surface area contributed by atoms with Crippen molar-refractivity contribution in [3.05, 3.63) is 24.0 Å². The summed E-state index contributed by atoms with van der Waals surface area (Å²) in [6, 6.07) is 4.13. The normalized spacial score (nSPS) is 18.2. The summed E-state index contributed by atoms with van der Waals surface area (Å²) in [4.78, 5) is 11.6. The molecule has 2 rings (SSSR count). The van der Waals surface area contributed by atoms with Gasteiger partial charge in [0, 0.05) is 24.4 Å². The maximum Gasteiger partial charge on any atom is 0.323 e. The second-order valence-corrected chi connectivity index (χ2v) is 5.26. The molecule has 1 heterocycles. The predicted molar refractivity (Wildman–Crippen MR) is 74.9 cm³/mol. The number of rotatable bonds is 5. The third-order valence-corrected chi connectivity index (χ3v) is 3.85. The van der Waals surface area contributed by atoms with Crippen molar-refractivity contribution in [3.8, 4) is 0 Å². The highest BCUT2D eigenvalue weighted by Crippen LogP contribution is 2.29. The van der Waals surface area contributed by atoms with Crippen LogP contribution in [-0.4, -0.2) is 23.2 Å². The summed E-state index contributed by atoms with van der Waals surface area (Å²) in [5.74, 6) is -0.307. The minimum absolute atomic E-state index is 0.307. The first-order valence-corrected chi connectivity index (χ1v) is 7.30. The quantitative estimate of drug-likeness (QED) is 0.831. The summed E-state index contributed by atoms with van der Waals surface area (Å²) in [6.07, 6.45) is 9.08. The fraction of sp³-hybridized carbons (Fsp3) is 0.667. The van der Waals surface area contributed by atoms with Crippen LogP contribution in [-0.2, 0) is 16.0 Å². The molecule has 1 aromatic heterocycles. The molecule has 0 spiro atoms. The van der Waals surface area contributed by atoms with E-state index in [0.29, 0.717) is 19.1 Å². The fourth-order valence-corrected chi connectivity index (χ4v) is 2.88. The van der Waals surface area contributed by atoms with Crippen molar-refractivity contribution in [1.29, 1.82) is 0 Å². The Morgan fingerprint density at radius 1 is 1.47 bits per heavy atom. The molecule has 1 aliphatic rings. The average molecular weight is 264 g/mol. The SMILES string of the molecule is CCOC(=O)C(N)Cc1cccn1C1CCCCC1. The van der Waals surface area contributed by atoms with Crippen LogP contribution in [0.15, 0.2) is 18.3 Å². The molecule has 1 aliphatic carbocycles. The lowest BCUT2D eigenvalue weighted by atomic mass is 9.95. The second-order valence-electron chi connectivity index (χ2n) is 5.26. The van der Waals surface area contributed by atoms with E-state index < -0.39 is 6.04 Å². The first kappa shape index (κ1) is 14.1. The van der Waals surface area contributed by atoms with E-state index in [4.69, 9.17) is 10.5 Å². The van der Waals surface area contributed by atoms with Crippen LogP contribution in [0.5, 0.6) is 0 Å². The number of hydrogen-bond donors (Lipinski definition) is 1. The van der Waals surface area contributed by atoms with Gasteiger partial charge in [-0.2, -0.15) is 0 Å². The smallest absolute Gasteiger partial charge is 0.323 e. The molecule has 0 bridgehead atoms. The van der Waals surface area contributed by atoms with Gasteiger partial charge < -0.3 is 15.0 Å². The largest absolute Gasteiger partial charge is 0.465 e. The highest BCUT2D eigenvalue weighted by Gasteiger charge is 2.20. The van der Waals surface area contributed by atoms with Crippen molar-refractivity contribution in [3.63, 3.8) is 0 Å².